The summed E-state index contributed by atoms with van der Waals surface area (Å²) < 4.78 is 14.3. The first-order valence-electron chi connectivity index (χ1n) is 6.18. The Hall–Kier alpha value is -1.18. The molecule has 0 atom stereocenters. The van der Waals surface area contributed by atoms with Crippen LogP contribution >= 0.6 is 0 Å². The third kappa shape index (κ3) is 10.4. The van der Waals surface area contributed by atoms with Crippen LogP contribution in [0, 0.1) is 0 Å². The molecule has 0 rings (SSSR count). The fourth-order valence-electron chi connectivity index (χ4n) is 1.40. The van der Waals surface area contributed by atoms with Crippen LogP contribution in [0.25, 0.3) is 0 Å². The molecule has 0 saturated carbocycles. The molecule has 0 aromatic rings. The lowest BCUT2D eigenvalue weighted by Crippen LogP contribution is -2.32. The molecule has 112 valence electrons. The summed E-state index contributed by atoms with van der Waals surface area (Å²) >= 11 is 0. The molecule has 0 spiro atoms. The van der Waals surface area contributed by atoms with Crippen LogP contribution < -0.4 is 0 Å². The van der Waals surface area contributed by atoms with Gasteiger partial charge in [-0.25, -0.2) is 0 Å². The van der Waals surface area contributed by atoms with E-state index in [2.05, 4.69) is 9.47 Å². The third-order valence-corrected chi connectivity index (χ3v) is 2.51. The first-order chi connectivity index (χ1) is 9.13. The van der Waals surface area contributed by atoms with Crippen molar-refractivity contribution < 1.29 is 28.9 Å². The van der Waals surface area contributed by atoms with E-state index >= 15 is 0 Å². The molecule has 0 aromatic heterocycles. The van der Waals surface area contributed by atoms with Crippen molar-refractivity contribution in [1.29, 1.82) is 0 Å². The summed E-state index contributed by atoms with van der Waals surface area (Å²) in [5.74, 6) is -0.585. The van der Waals surface area contributed by atoms with E-state index in [0.717, 1.165) is 0 Å². The van der Waals surface area contributed by atoms with E-state index in [-0.39, 0.29) is 38.0 Å². The zero-order valence-electron chi connectivity index (χ0n) is 11.6. The van der Waals surface area contributed by atoms with Crippen molar-refractivity contribution in [3.63, 3.8) is 0 Å². The van der Waals surface area contributed by atoms with Crippen LogP contribution in [0.2, 0.25) is 0 Å². The molecule has 0 aliphatic heterocycles. The minimum Gasteiger partial charge on any atom is -0.469 e. The molecule has 0 aromatic carbocycles. The number of carbonyl (C=O) groups is 2. The summed E-state index contributed by atoms with van der Waals surface area (Å²) in [6.07, 6.45) is 0.523. The minimum atomic E-state index is -0.292. The number of hydrogen-bond acceptors (Lipinski definition) is 7. The second kappa shape index (κ2) is 11.9. The average Bonchev–Trinajstić information content (AvgIpc) is 2.44. The van der Waals surface area contributed by atoms with Gasteiger partial charge in [0.05, 0.1) is 46.9 Å². The molecule has 0 heterocycles. The lowest BCUT2D eigenvalue weighted by Gasteiger charge is -2.21. The number of methoxy groups -OCH3 is 2. The van der Waals surface area contributed by atoms with E-state index in [9.17, 15) is 9.59 Å². The summed E-state index contributed by atoms with van der Waals surface area (Å²) in [6.45, 7) is 2.25. The Bertz CT molecular complexity index is 239. The number of esters is 2. The molecule has 7 nitrogen and oxygen atoms in total. The highest BCUT2D eigenvalue weighted by molar-refractivity contribution is 5.70. The number of ether oxygens (including phenoxy) is 3. The van der Waals surface area contributed by atoms with Gasteiger partial charge in [0.15, 0.2) is 0 Å². The van der Waals surface area contributed by atoms with Crippen molar-refractivity contribution in [2.75, 3.05) is 53.7 Å². The summed E-state index contributed by atoms with van der Waals surface area (Å²) in [5, 5.41) is 8.59. The highest BCUT2D eigenvalue weighted by atomic mass is 16.5. The second-order valence-electron chi connectivity index (χ2n) is 3.83. The summed E-state index contributed by atoms with van der Waals surface area (Å²) in [6, 6.07) is 0. The highest BCUT2D eigenvalue weighted by Crippen LogP contribution is 1.97. The van der Waals surface area contributed by atoms with Crippen molar-refractivity contribution in [2.45, 2.75) is 12.8 Å². The molecule has 0 bridgehead atoms. The zero-order chi connectivity index (χ0) is 14.5. The van der Waals surface area contributed by atoms with Crippen LogP contribution in [0.4, 0.5) is 0 Å². The Morgan fingerprint density at radius 3 is 1.89 bits per heavy atom. The van der Waals surface area contributed by atoms with Gasteiger partial charge in [-0.2, -0.15) is 0 Å². The predicted octanol–water partition coefficient (Wildman–Crippen LogP) is -0.576. The SMILES string of the molecule is COC(=O)CCN(CCOCCO)CCC(=O)OC. The van der Waals surface area contributed by atoms with Gasteiger partial charge in [-0.1, -0.05) is 0 Å². The zero-order valence-corrected chi connectivity index (χ0v) is 11.6. The van der Waals surface area contributed by atoms with Crippen LogP contribution in [0.15, 0.2) is 0 Å². The number of aliphatic hydroxyl groups is 1. The van der Waals surface area contributed by atoms with E-state index in [0.29, 0.717) is 26.2 Å². The molecule has 7 heteroatoms. The first kappa shape index (κ1) is 17.8. The van der Waals surface area contributed by atoms with E-state index in [1.807, 2.05) is 4.90 Å². The minimum absolute atomic E-state index is 0.0235. The Kier molecular flexibility index (Phi) is 11.1. The van der Waals surface area contributed by atoms with Crippen LogP contribution in [0.3, 0.4) is 0 Å². The first-order valence-corrected chi connectivity index (χ1v) is 6.18. The molecule has 0 aliphatic carbocycles. The fourth-order valence-corrected chi connectivity index (χ4v) is 1.40. The topological polar surface area (TPSA) is 85.3 Å². The van der Waals surface area contributed by atoms with Gasteiger partial charge in [0, 0.05) is 19.6 Å². The maximum Gasteiger partial charge on any atom is 0.306 e. The van der Waals surface area contributed by atoms with Gasteiger partial charge in [0.1, 0.15) is 0 Å². The van der Waals surface area contributed by atoms with Crippen molar-refractivity contribution in [3.8, 4) is 0 Å². The molecule has 0 unspecified atom stereocenters. The van der Waals surface area contributed by atoms with Crippen LogP contribution in [0.5, 0.6) is 0 Å². The normalized spacial score (nSPS) is 10.5. The lowest BCUT2D eigenvalue weighted by molar-refractivity contribution is -0.141. The molecule has 0 aliphatic rings. The van der Waals surface area contributed by atoms with E-state index in [4.69, 9.17) is 9.84 Å². The van der Waals surface area contributed by atoms with Gasteiger partial charge in [-0.15, -0.1) is 0 Å². The van der Waals surface area contributed by atoms with Gasteiger partial charge in [0.2, 0.25) is 0 Å². The summed E-state index contributed by atoms with van der Waals surface area (Å²) in [4.78, 5) is 24.1. The van der Waals surface area contributed by atoms with Crippen molar-refractivity contribution in [2.24, 2.45) is 0 Å². The molecule has 0 fully saturated rings. The Labute approximate surface area is 113 Å². The standard InChI is InChI=1S/C12H23NO6/c1-17-11(15)3-5-13(6-4-12(16)18-2)7-9-19-10-8-14/h14H,3-10H2,1-2H3. The van der Waals surface area contributed by atoms with Gasteiger partial charge in [-0.3, -0.25) is 14.5 Å². The van der Waals surface area contributed by atoms with Crippen LogP contribution in [-0.2, 0) is 23.8 Å². The number of carbonyl (C=O) groups excluding carboxylic acids is 2. The second-order valence-corrected chi connectivity index (χ2v) is 3.83. The van der Waals surface area contributed by atoms with Gasteiger partial charge in [0.25, 0.3) is 0 Å². The van der Waals surface area contributed by atoms with Gasteiger partial charge >= 0.3 is 11.9 Å². The molecule has 0 amide bonds. The van der Waals surface area contributed by atoms with Crippen molar-refractivity contribution in [3.05, 3.63) is 0 Å². The highest BCUT2D eigenvalue weighted by Gasteiger charge is 2.11. The number of aliphatic hydroxyl groups excluding tert-OH is 1. The van der Waals surface area contributed by atoms with Crippen molar-refractivity contribution in [1.82, 2.24) is 4.90 Å². The maximum atomic E-state index is 11.1. The predicted molar refractivity (Wildman–Crippen MR) is 67.6 cm³/mol. The monoisotopic (exact) mass is 277 g/mol. The summed E-state index contributed by atoms with van der Waals surface area (Å²) in [7, 11) is 2.68. The Balaban J connectivity index is 3.98. The van der Waals surface area contributed by atoms with Crippen LogP contribution in [0.1, 0.15) is 12.8 Å². The Morgan fingerprint density at radius 1 is 0.947 bits per heavy atom. The molecule has 0 radical (unpaired) electrons. The fraction of sp³-hybridized carbons (Fsp3) is 0.833. The quantitative estimate of drug-likeness (QED) is 0.399. The molecule has 19 heavy (non-hydrogen) atoms. The van der Waals surface area contributed by atoms with E-state index in [1.54, 1.807) is 0 Å². The largest absolute Gasteiger partial charge is 0.469 e. The molecule has 0 saturated heterocycles. The number of nitrogens with zero attached hydrogens (tertiary/aromatic N) is 1. The van der Waals surface area contributed by atoms with E-state index < -0.39 is 0 Å². The molecular weight excluding hydrogens is 254 g/mol. The smallest absolute Gasteiger partial charge is 0.306 e. The third-order valence-electron chi connectivity index (χ3n) is 2.51. The van der Waals surface area contributed by atoms with Gasteiger partial charge < -0.3 is 19.3 Å². The molecule has 1 N–H and O–H groups in total. The summed E-state index contributed by atoms with van der Waals surface area (Å²) in [5.41, 5.74) is 0. The van der Waals surface area contributed by atoms with Crippen LogP contribution in [-0.4, -0.2) is 75.6 Å². The number of hydrogen-bond donors (Lipinski definition) is 1. The van der Waals surface area contributed by atoms with E-state index in [1.165, 1.54) is 14.2 Å². The van der Waals surface area contributed by atoms with Gasteiger partial charge in [-0.05, 0) is 0 Å². The number of rotatable bonds is 11. The lowest BCUT2D eigenvalue weighted by atomic mass is 10.3. The van der Waals surface area contributed by atoms with Crippen molar-refractivity contribution >= 4 is 11.9 Å². The average molecular weight is 277 g/mol. The Morgan fingerprint density at radius 2 is 1.47 bits per heavy atom. The maximum absolute atomic E-state index is 11.1. The molecular formula is C12H23NO6.